The zero-order chi connectivity index (χ0) is 17.6. The molecular weight excluding hydrogens is 314 g/mol. The molecule has 0 atom stereocenters. The standard InChI is InChI=1S/C18H19N7/c1-12(14-9-6-10-21-11-14)22-15(16(19)20-2)18-23-17(24-25-18)13-7-4-3-5-8-13/h3-11,20H,19H2,1-2H3,(H,23,24,25)/b16-15-,22-12+. The predicted octanol–water partition coefficient (Wildman–Crippen LogP) is 2.18. The van der Waals surface area contributed by atoms with E-state index in [0.29, 0.717) is 23.2 Å². The fourth-order valence-corrected chi connectivity index (χ4v) is 2.26. The summed E-state index contributed by atoms with van der Waals surface area (Å²) in [6.07, 6.45) is 3.47. The number of hydrogen-bond donors (Lipinski definition) is 3. The third kappa shape index (κ3) is 3.72. The lowest BCUT2D eigenvalue weighted by atomic mass is 10.2. The van der Waals surface area contributed by atoms with E-state index in [-0.39, 0.29) is 0 Å². The Morgan fingerprint density at radius 3 is 2.60 bits per heavy atom. The van der Waals surface area contributed by atoms with Crippen LogP contribution in [0.5, 0.6) is 0 Å². The smallest absolute Gasteiger partial charge is 0.184 e. The maximum Gasteiger partial charge on any atom is 0.184 e. The molecule has 1 aromatic carbocycles. The van der Waals surface area contributed by atoms with Gasteiger partial charge >= 0.3 is 0 Å². The molecule has 0 unspecified atom stereocenters. The molecule has 0 fully saturated rings. The second-order valence-corrected chi connectivity index (χ2v) is 5.34. The van der Waals surface area contributed by atoms with Crippen molar-refractivity contribution in [1.82, 2.24) is 25.5 Å². The van der Waals surface area contributed by atoms with Gasteiger partial charge in [0.15, 0.2) is 11.6 Å². The number of nitrogens with one attached hydrogen (secondary N) is 2. The Hall–Kier alpha value is -3.48. The summed E-state index contributed by atoms with van der Waals surface area (Å²) in [5.41, 5.74) is 9.21. The number of aliphatic imine (C=N–C) groups is 1. The van der Waals surface area contributed by atoms with Gasteiger partial charge in [0.1, 0.15) is 11.5 Å². The summed E-state index contributed by atoms with van der Waals surface area (Å²) in [5, 5.41) is 11.3. The molecule has 25 heavy (non-hydrogen) atoms. The number of pyridine rings is 1. The summed E-state index contributed by atoms with van der Waals surface area (Å²) in [4.78, 5) is 11.9. The topological polar surface area (TPSA) is 105 Å². The van der Waals surface area contributed by atoms with Gasteiger partial charge in [-0.15, -0.1) is 10.2 Å². The SMILES string of the molecule is CN/C(N)=C(\N=C(/C)c1cccnc1)c1nnc(-c2ccccc2)[nH]1. The zero-order valence-electron chi connectivity index (χ0n) is 14.1. The van der Waals surface area contributed by atoms with Crippen LogP contribution in [0.25, 0.3) is 17.1 Å². The van der Waals surface area contributed by atoms with Crippen molar-refractivity contribution in [2.75, 3.05) is 7.05 Å². The van der Waals surface area contributed by atoms with Gasteiger partial charge in [0.2, 0.25) is 0 Å². The van der Waals surface area contributed by atoms with Crippen molar-refractivity contribution in [3.63, 3.8) is 0 Å². The van der Waals surface area contributed by atoms with Crippen molar-refractivity contribution in [3.05, 3.63) is 72.1 Å². The van der Waals surface area contributed by atoms with Gasteiger partial charge in [0, 0.05) is 36.3 Å². The molecular formula is C18H19N7. The molecule has 0 radical (unpaired) electrons. The van der Waals surface area contributed by atoms with Crippen LogP contribution in [0.4, 0.5) is 0 Å². The average molecular weight is 333 g/mol. The normalized spacial score (nSPS) is 12.6. The van der Waals surface area contributed by atoms with Crippen LogP contribution in [-0.2, 0) is 0 Å². The number of aromatic nitrogens is 4. The second-order valence-electron chi connectivity index (χ2n) is 5.34. The van der Waals surface area contributed by atoms with E-state index >= 15 is 0 Å². The number of H-pyrrole nitrogens is 1. The van der Waals surface area contributed by atoms with Crippen LogP contribution in [0.15, 0.2) is 65.7 Å². The van der Waals surface area contributed by atoms with Crippen molar-refractivity contribution in [2.24, 2.45) is 10.7 Å². The number of nitrogens with zero attached hydrogens (tertiary/aromatic N) is 4. The Bertz CT molecular complexity index is 895. The number of nitrogens with two attached hydrogens (primary N) is 1. The van der Waals surface area contributed by atoms with E-state index in [9.17, 15) is 0 Å². The van der Waals surface area contributed by atoms with E-state index in [2.05, 4.69) is 30.5 Å². The van der Waals surface area contributed by atoms with E-state index in [1.165, 1.54) is 0 Å². The van der Waals surface area contributed by atoms with E-state index in [1.54, 1.807) is 19.4 Å². The highest BCUT2D eigenvalue weighted by molar-refractivity contribution is 6.01. The first-order chi connectivity index (χ1) is 12.2. The molecule has 0 saturated carbocycles. The van der Waals surface area contributed by atoms with Crippen molar-refractivity contribution in [2.45, 2.75) is 6.92 Å². The molecule has 0 aliphatic heterocycles. The van der Waals surface area contributed by atoms with Crippen molar-refractivity contribution in [3.8, 4) is 11.4 Å². The molecule has 0 amide bonds. The van der Waals surface area contributed by atoms with Crippen LogP contribution >= 0.6 is 0 Å². The second kappa shape index (κ2) is 7.39. The first-order valence-corrected chi connectivity index (χ1v) is 7.80. The summed E-state index contributed by atoms with van der Waals surface area (Å²) in [6.45, 7) is 1.90. The number of rotatable bonds is 5. The molecule has 0 aliphatic carbocycles. The number of benzene rings is 1. The van der Waals surface area contributed by atoms with E-state index in [1.807, 2.05) is 49.4 Å². The molecule has 0 spiro atoms. The van der Waals surface area contributed by atoms with Crippen LogP contribution in [-0.4, -0.2) is 32.9 Å². The number of hydrogen-bond acceptors (Lipinski definition) is 6. The highest BCUT2D eigenvalue weighted by Crippen LogP contribution is 2.19. The molecule has 0 bridgehead atoms. The molecule has 126 valence electrons. The van der Waals surface area contributed by atoms with Crippen LogP contribution in [0.1, 0.15) is 18.3 Å². The lowest BCUT2D eigenvalue weighted by molar-refractivity contribution is 0.952. The third-order valence-corrected chi connectivity index (χ3v) is 3.64. The summed E-state index contributed by atoms with van der Waals surface area (Å²) in [6, 6.07) is 13.6. The summed E-state index contributed by atoms with van der Waals surface area (Å²) in [7, 11) is 1.73. The van der Waals surface area contributed by atoms with Gasteiger partial charge in [-0.3, -0.25) is 4.98 Å². The minimum absolute atomic E-state index is 0.402. The molecule has 2 aromatic heterocycles. The minimum Gasteiger partial charge on any atom is -0.384 e. The lowest BCUT2D eigenvalue weighted by Crippen LogP contribution is -2.17. The van der Waals surface area contributed by atoms with E-state index < -0.39 is 0 Å². The quantitative estimate of drug-likeness (QED) is 0.621. The zero-order valence-corrected chi connectivity index (χ0v) is 14.1. The Balaban J connectivity index is 2.00. The summed E-state index contributed by atoms with van der Waals surface area (Å²) < 4.78 is 0. The third-order valence-electron chi connectivity index (χ3n) is 3.64. The summed E-state index contributed by atoms with van der Waals surface area (Å²) >= 11 is 0. The molecule has 0 aliphatic rings. The Morgan fingerprint density at radius 2 is 1.92 bits per heavy atom. The Labute approximate surface area is 145 Å². The van der Waals surface area contributed by atoms with Gasteiger partial charge in [-0.05, 0) is 13.0 Å². The van der Waals surface area contributed by atoms with Crippen molar-refractivity contribution in [1.29, 1.82) is 0 Å². The van der Waals surface area contributed by atoms with Gasteiger partial charge in [-0.1, -0.05) is 36.4 Å². The predicted molar refractivity (Wildman–Crippen MR) is 98.4 cm³/mol. The largest absolute Gasteiger partial charge is 0.384 e. The van der Waals surface area contributed by atoms with Gasteiger partial charge < -0.3 is 16.0 Å². The Morgan fingerprint density at radius 1 is 1.12 bits per heavy atom. The van der Waals surface area contributed by atoms with Crippen molar-refractivity contribution < 1.29 is 0 Å². The lowest BCUT2D eigenvalue weighted by Gasteiger charge is -2.06. The Kier molecular flexibility index (Phi) is 4.84. The highest BCUT2D eigenvalue weighted by Gasteiger charge is 2.13. The molecule has 3 rings (SSSR count). The molecule has 4 N–H and O–H groups in total. The molecule has 2 heterocycles. The van der Waals surface area contributed by atoms with E-state index in [0.717, 1.165) is 16.8 Å². The average Bonchev–Trinajstić information content (AvgIpc) is 3.16. The van der Waals surface area contributed by atoms with Crippen LogP contribution in [0, 0.1) is 0 Å². The van der Waals surface area contributed by atoms with Gasteiger partial charge in [0.05, 0.1) is 0 Å². The molecule has 3 aromatic rings. The first-order valence-electron chi connectivity index (χ1n) is 7.80. The van der Waals surface area contributed by atoms with Crippen molar-refractivity contribution >= 4 is 11.4 Å². The maximum atomic E-state index is 6.08. The van der Waals surface area contributed by atoms with E-state index in [4.69, 9.17) is 5.73 Å². The van der Waals surface area contributed by atoms with Crippen LogP contribution in [0.2, 0.25) is 0 Å². The highest BCUT2D eigenvalue weighted by atomic mass is 15.2. The molecule has 7 heteroatoms. The van der Waals surface area contributed by atoms with Crippen LogP contribution < -0.4 is 11.1 Å². The van der Waals surface area contributed by atoms with Gasteiger partial charge in [-0.2, -0.15) is 0 Å². The molecule has 0 saturated heterocycles. The first kappa shape index (κ1) is 16.4. The fourth-order valence-electron chi connectivity index (χ4n) is 2.26. The summed E-state index contributed by atoms with van der Waals surface area (Å²) in [5.74, 6) is 1.55. The van der Waals surface area contributed by atoms with Gasteiger partial charge in [0.25, 0.3) is 0 Å². The maximum absolute atomic E-state index is 6.08. The monoisotopic (exact) mass is 333 g/mol. The fraction of sp³-hybridized carbons (Fsp3) is 0.111. The van der Waals surface area contributed by atoms with Crippen LogP contribution in [0.3, 0.4) is 0 Å². The minimum atomic E-state index is 0.402. The number of aromatic amines is 1. The molecule has 7 nitrogen and oxygen atoms in total. The van der Waals surface area contributed by atoms with Gasteiger partial charge in [-0.25, -0.2) is 4.99 Å².